The molecule has 3 nitrogen and oxygen atoms in total. The lowest BCUT2D eigenvalue weighted by Crippen LogP contribution is -2.17. The molecule has 1 unspecified atom stereocenters. The van der Waals surface area contributed by atoms with Crippen molar-refractivity contribution in [2.24, 2.45) is 0 Å². The van der Waals surface area contributed by atoms with Crippen molar-refractivity contribution >= 4 is 0 Å². The molecule has 1 N–H and O–H groups in total. The summed E-state index contributed by atoms with van der Waals surface area (Å²) in [5.41, 5.74) is 2.57. The molecule has 1 aromatic carbocycles. The van der Waals surface area contributed by atoms with E-state index in [4.69, 9.17) is 4.74 Å². The van der Waals surface area contributed by atoms with Crippen molar-refractivity contribution in [3.8, 4) is 5.75 Å². The fraction of sp³-hybridized carbons (Fsp3) is 0.375. The van der Waals surface area contributed by atoms with Crippen LogP contribution in [0.2, 0.25) is 0 Å². The van der Waals surface area contributed by atoms with Gasteiger partial charge in [0, 0.05) is 25.0 Å². The average molecular weight is 258 g/mol. The van der Waals surface area contributed by atoms with Crippen LogP contribution in [0, 0.1) is 0 Å². The van der Waals surface area contributed by atoms with Gasteiger partial charge in [0.05, 0.1) is 7.11 Å². The second-order valence-electron chi connectivity index (χ2n) is 4.75. The van der Waals surface area contributed by atoms with Gasteiger partial charge >= 0.3 is 0 Å². The van der Waals surface area contributed by atoms with Gasteiger partial charge in [-0.2, -0.15) is 0 Å². The summed E-state index contributed by atoms with van der Waals surface area (Å²) in [6.45, 7) is 6.18. The highest BCUT2D eigenvalue weighted by Gasteiger charge is 2.05. The third-order valence-electron chi connectivity index (χ3n) is 3.28. The van der Waals surface area contributed by atoms with Crippen molar-refractivity contribution in [1.29, 1.82) is 0 Å². The summed E-state index contributed by atoms with van der Waals surface area (Å²) in [6.07, 6.45) is 4.33. The van der Waals surface area contributed by atoms with Gasteiger partial charge in [-0.05, 0) is 42.8 Å². The Balaban J connectivity index is 2.06. The van der Waals surface area contributed by atoms with Gasteiger partial charge in [-0.25, -0.2) is 0 Å². The van der Waals surface area contributed by atoms with Crippen LogP contribution in [0.1, 0.15) is 31.0 Å². The van der Waals surface area contributed by atoms with Crippen LogP contribution >= 0.6 is 0 Å². The Morgan fingerprint density at radius 1 is 1.32 bits per heavy atom. The Bertz CT molecular complexity index is 519. The van der Waals surface area contributed by atoms with Crippen molar-refractivity contribution in [2.45, 2.75) is 26.4 Å². The first-order chi connectivity index (χ1) is 9.22. The van der Waals surface area contributed by atoms with Gasteiger partial charge in [-0.15, -0.1) is 0 Å². The minimum atomic E-state index is 0.400. The maximum absolute atomic E-state index is 5.25. The summed E-state index contributed by atoms with van der Waals surface area (Å²) in [4.78, 5) is 0. The maximum Gasteiger partial charge on any atom is 0.119 e. The molecule has 0 aliphatic heterocycles. The number of hydrogen-bond donors (Lipinski definition) is 1. The fourth-order valence-electron chi connectivity index (χ4n) is 2.22. The molecular weight excluding hydrogens is 236 g/mol. The van der Waals surface area contributed by atoms with Crippen LogP contribution in [0.25, 0.3) is 0 Å². The van der Waals surface area contributed by atoms with E-state index in [1.165, 1.54) is 11.1 Å². The van der Waals surface area contributed by atoms with Crippen LogP contribution in [-0.4, -0.2) is 18.2 Å². The molecule has 0 aliphatic rings. The molecule has 0 fully saturated rings. The molecule has 0 aliphatic carbocycles. The number of rotatable bonds is 6. The number of hydrogen-bond acceptors (Lipinski definition) is 2. The van der Waals surface area contributed by atoms with Gasteiger partial charge in [0.25, 0.3) is 0 Å². The number of benzene rings is 1. The first kappa shape index (κ1) is 13.7. The minimum absolute atomic E-state index is 0.400. The highest BCUT2D eigenvalue weighted by molar-refractivity contribution is 5.29. The van der Waals surface area contributed by atoms with E-state index in [1.807, 2.05) is 12.1 Å². The van der Waals surface area contributed by atoms with Crippen molar-refractivity contribution in [3.05, 3.63) is 53.9 Å². The van der Waals surface area contributed by atoms with Gasteiger partial charge in [0.1, 0.15) is 5.75 Å². The van der Waals surface area contributed by atoms with E-state index in [9.17, 15) is 0 Å². The summed E-state index contributed by atoms with van der Waals surface area (Å²) in [5, 5.41) is 3.42. The zero-order valence-corrected chi connectivity index (χ0v) is 11.9. The first-order valence-corrected chi connectivity index (χ1v) is 6.75. The number of nitrogens with zero attached hydrogens (tertiary/aromatic N) is 1. The predicted molar refractivity (Wildman–Crippen MR) is 78.6 cm³/mol. The molecule has 0 spiro atoms. The van der Waals surface area contributed by atoms with Gasteiger partial charge in [-0.3, -0.25) is 0 Å². The van der Waals surface area contributed by atoms with E-state index < -0.39 is 0 Å². The largest absolute Gasteiger partial charge is 0.497 e. The molecule has 0 bridgehead atoms. The molecule has 0 saturated carbocycles. The highest BCUT2D eigenvalue weighted by Crippen LogP contribution is 2.16. The van der Waals surface area contributed by atoms with Crippen LogP contribution in [0.5, 0.6) is 5.75 Å². The molecule has 2 rings (SSSR count). The molecule has 1 aromatic heterocycles. The Morgan fingerprint density at radius 2 is 2.16 bits per heavy atom. The second-order valence-corrected chi connectivity index (χ2v) is 4.75. The summed E-state index contributed by atoms with van der Waals surface area (Å²) in [6, 6.07) is 10.8. The van der Waals surface area contributed by atoms with Crippen molar-refractivity contribution in [2.75, 3.05) is 13.7 Å². The van der Waals surface area contributed by atoms with Crippen molar-refractivity contribution < 1.29 is 4.74 Å². The molecule has 1 heterocycles. The lowest BCUT2D eigenvalue weighted by Gasteiger charge is -2.10. The molecule has 0 amide bonds. The lowest BCUT2D eigenvalue weighted by molar-refractivity contribution is 0.414. The zero-order valence-electron chi connectivity index (χ0n) is 11.9. The van der Waals surface area contributed by atoms with Crippen LogP contribution in [-0.2, 0) is 6.54 Å². The second kappa shape index (κ2) is 6.43. The van der Waals surface area contributed by atoms with E-state index >= 15 is 0 Å². The number of methoxy groups -OCH3 is 1. The Labute approximate surface area is 115 Å². The molecular formula is C16H22N2O. The van der Waals surface area contributed by atoms with Crippen LogP contribution in [0.3, 0.4) is 0 Å². The highest BCUT2D eigenvalue weighted by atomic mass is 16.5. The van der Waals surface area contributed by atoms with Crippen LogP contribution in [0.15, 0.2) is 42.7 Å². The lowest BCUT2D eigenvalue weighted by atomic mass is 10.2. The predicted octanol–water partition coefficient (Wildman–Crippen LogP) is 3.22. The molecule has 1 atom stereocenters. The monoisotopic (exact) mass is 258 g/mol. The van der Waals surface area contributed by atoms with E-state index in [0.717, 1.165) is 18.8 Å². The molecule has 0 radical (unpaired) electrons. The maximum atomic E-state index is 5.25. The van der Waals surface area contributed by atoms with Crippen LogP contribution < -0.4 is 10.1 Å². The molecule has 2 aromatic rings. The molecule has 19 heavy (non-hydrogen) atoms. The summed E-state index contributed by atoms with van der Waals surface area (Å²) < 4.78 is 7.45. The van der Waals surface area contributed by atoms with Gasteiger partial charge in [-0.1, -0.05) is 19.1 Å². The number of nitrogens with one attached hydrogen (secondary N) is 1. The first-order valence-electron chi connectivity index (χ1n) is 6.75. The van der Waals surface area contributed by atoms with Crippen molar-refractivity contribution in [1.82, 2.24) is 9.88 Å². The van der Waals surface area contributed by atoms with Crippen molar-refractivity contribution in [3.63, 3.8) is 0 Å². The Hall–Kier alpha value is -1.74. The topological polar surface area (TPSA) is 26.2 Å². The summed E-state index contributed by atoms with van der Waals surface area (Å²) in [5.74, 6) is 0.908. The zero-order chi connectivity index (χ0) is 13.7. The Kier molecular flexibility index (Phi) is 4.63. The quantitative estimate of drug-likeness (QED) is 0.861. The minimum Gasteiger partial charge on any atom is -0.497 e. The van der Waals surface area contributed by atoms with E-state index in [0.29, 0.717) is 6.04 Å². The number of aromatic nitrogens is 1. The van der Waals surface area contributed by atoms with Crippen LogP contribution in [0.4, 0.5) is 0 Å². The van der Waals surface area contributed by atoms with E-state index in [-0.39, 0.29) is 0 Å². The molecule has 102 valence electrons. The van der Waals surface area contributed by atoms with Gasteiger partial charge in [0.15, 0.2) is 0 Å². The van der Waals surface area contributed by atoms with Gasteiger partial charge < -0.3 is 14.6 Å². The average Bonchev–Trinajstić information content (AvgIpc) is 2.88. The smallest absolute Gasteiger partial charge is 0.119 e. The molecule has 3 heteroatoms. The third-order valence-corrected chi connectivity index (χ3v) is 3.28. The number of ether oxygens (including phenoxy) is 1. The molecule has 0 saturated heterocycles. The SMILES string of the molecule is CCNC(C)c1ccn(Cc2cccc(OC)c2)c1. The van der Waals surface area contributed by atoms with Gasteiger partial charge in [0.2, 0.25) is 0 Å². The Morgan fingerprint density at radius 3 is 2.89 bits per heavy atom. The normalized spacial score (nSPS) is 12.4. The van der Waals surface area contributed by atoms with E-state index in [2.05, 4.69) is 54.3 Å². The fourth-order valence-corrected chi connectivity index (χ4v) is 2.22. The summed E-state index contributed by atoms with van der Waals surface area (Å²) >= 11 is 0. The summed E-state index contributed by atoms with van der Waals surface area (Å²) in [7, 11) is 1.70. The third kappa shape index (κ3) is 3.61. The standard InChI is InChI=1S/C16H22N2O/c1-4-17-13(2)15-8-9-18(12-15)11-14-6-5-7-16(10-14)19-3/h5-10,12-13,17H,4,11H2,1-3H3. The van der Waals surface area contributed by atoms with E-state index in [1.54, 1.807) is 7.11 Å².